The molecule has 6 nitrogen and oxygen atoms in total. The van der Waals surface area contributed by atoms with Crippen LogP contribution >= 0.6 is 0 Å². The molecule has 200 valence electrons. The Balaban J connectivity index is 0.000000261. The zero-order valence-corrected chi connectivity index (χ0v) is 22.2. The van der Waals surface area contributed by atoms with Gasteiger partial charge in [0.2, 0.25) is 0 Å². The predicted molar refractivity (Wildman–Crippen MR) is 140 cm³/mol. The van der Waals surface area contributed by atoms with Crippen molar-refractivity contribution in [2.45, 2.75) is 166 Å². The Morgan fingerprint density at radius 1 is 0.441 bits per heavy atom. The van der Waals surface area contributed by atoms with E-state index in [-0.39, 0.29) is 0 Å². The molecular weight excluding hydrogens is 428 g/mol. The van der Waals surface area contributed by atoms with Gasteiger partial charge in [0.1, 0.15) is 0 Å². The summed E-state index contributed by atoms with van der Waals surface area (Å²) in [5.74, 6) is -1.67. The maximum Gasteiger partial charge on any atom is 0.300 e. The molecule has 0 aromatic carbocycles. The molecule has 0 aromatic heterocycles. The van der Waals surface area contributed by atoms with E-state index in [0.29, 0.717) is 0 Å². The summed E-state index contributed by atoms with van der Waals surface area (Å²) >= 11 is 0. The lowest BCUT2D eigenvalue weighted by Crippen LogP contribution is -2.40. The topological polar surface area (TPSA) is 98.7 Å². The first-order chi connectivity index (χ1) is 16.4. The van der Waals surface area contributed by atoms with Gasteiger partial charge in [-0.05, 0) is 51.4 Å². The zero-order chi connectivity index (χ0) is 25.0. The zero-order valence-electron chi connectivity index (χ0n) is 22.2. The quantitative estimate of drug-likeness (QED) is 0.357. The number of aliphatic carboxylic acids is 2. The molecular formula is C28H54N2O4. The van der Waals surface area contributed by atoms with Gasteiger partial charge in [-0.1, -0.05) is 77.0 Å². The van der Waals surface area contributed by atoms with Crippen molar-refractivity contribution in [2.75, 3.05) is 0 Å². The molecule has 0 amide bonds. The van der Waals surface area contributed by atoms with E-state index in [2.05, 4.69) is 10.6 Å². The molecule has 0 radical (unpaired) electrons. The summed E-state index contributed by atoms with van der Waals surface area (Å²) in [5, 5.41) is 22.5. The molecule has 4 N–H and O–H groups in total. The summed E-state index contributed by atoms with van der Waals surface area (Å²) in [5.41, 5.74) is 0. The van der Waals surface area contributed by atoms with Crippen LogP contribution in [0, 0.1) is 0 Å². The van der Waals surface area contributed by atoms with E-state index in [1.54, 1.807) is 0 Å². The van der Waals surface area contributed by atoms with Crippen LogP contribution in [0.5, 0.6) is 0 Å². The van der Waals surface area contributed by atoms with Gasteiger partial charge in [-0.3, -0.25) is 9.59 Å². The predicted octanol–water partition coefficient (Wildman–Crippen LogP) is 6.66. The summed E-state index contributed by atoms with van der Waals surface area (Å²) in [6.45, 7) is 2.17. The number of rotatable bonds is 4. The first-order valence-electron chi connectivity index (χ1n) is 14.3. The highest BCUT2D eigenvalue weighted by molar-refractivity contribution is 5.63. The van der Waals surface area contributed by atoms with E-state index in [0.717, 1.165) is 38.0 Å². The van der Waals surface area contributed by atoms with Crippen molar-refractivity contribution < 1.29 is 19.8 Å². The van der Waals surface area contributed by atoms with Crippen molar-refractivity contribution in [3.05, 3.63) is 0 Å². The number of carbonyl (C=O) groups is 2. The molecule has 0 unspecified atom stereocenters. The minimum Gasteiger partial charge on any atom is -0.481 e. The number of carboxylic acids is 2. The van der Waals surface area contributed by atoms with E-state index in [1.807, 2.05) is 0 Å². The Hall–Kier alpha value is -1.14. The van der Waals surface area contributed by atoms with Crippen LogP contribution in [-0.2, 0) is 9.59 Å². The molecule has 6 heteroatoms. The van der Waals surface area contributed by atoms with Crippen molar-refractivity contribution in [3.8, 4) is 0 Å². The largest absolute Gasteiger partial charge is 0.481 e. The van der Waals surface area contributed by atoms with Gasteiger partial charge in [0.15, 0.2) is 0 Å². The second kappa shape index (κ2) is 20.1. The van der Waals surface area contributed by atoms with Gasteiger partial charge in [-0.2, -0.15) is 0 Å². The third kappa shape index (κ3) is 18.2. The van der Waals surface area contributed by atoms with Crippen LogP contribution < -0.4 is 10.6 Å². The van der Waals surface area contributed by atoms with E-state index >= 15 is 0 Å². The monoisotopic (exact) mass is 482 g/mol. The average molecular weight is 483 g/mol. The standard InChI is InChI=1S/2C12H23N.2C2H4O2/c2*1-3-7-11(8-4-1)13-12-9-5-2-6-10-12;2*1-2(3)4/h2*11-13H,1-10H2;2*1H3,(H,3,4). The molecule has 4 aliphatic rings. The minimum absolute atomic E-state index is 0.833. The smallest absolute Gasteiger partial charge is 0.300 e. The Bertz CT molecular complexity index is 419. The van der Waals surface area contributed by atoms with E-state index < -0.39 is 11.9 Å². The van der Waals surface area contributed by atoms with Gasteiger partial charge in [-0.25, -0.2) is 0 Å². The van der Waals surface area contributed by atoms with Gasteiger partial charge in [0.25, 0.3) is 11.9 Å². The molecule has 4 saturated carbocycles. The van der Waals surface area contributed by atoms with Crippen molar-refractivity contribution >= 4 is 11.9 Å². The highest BCUT2D eigenvalue weighted by Crippen LogP contribution is 2.23. The van der Waals surface area contributed by atoms with Gasteiger partial charge in [-0.15, -0.1) is 0 Å². The lowest BCUT2D eigenvalue weighted by atomic mass is 9.91. The number of hydrogen-bond acceptors (Lipinski definition) is 4. The SMILES string of the molecule is C1CCC(NC2CCCCC2)CC1.C1CCC(NC2CCCCC2)CC1.CC(=O)O.CC(=O)O. The van der Waals surface area contributed by atoms with Crippen LogP contribution in [0.2, 0.25) is 0 Å². The van der Waals surface area contributed by atoms with Crippen LogP contribution in [-0.4, -0.2) is 46.3 Å². The maximum absolute atomic E-state index is 9.00. The Morgan fingerprint density at radius 2 is 0.588 bits per heavy atom. The van der Waals surface area contributed by atoms with E-state index in [9.17, 15) is 0 Å². The highest BCUT2D eigenvalue weighted by Gasteiger charge is 2.20. The van der Waals surface area contributed by atoms with Gasteiger partial charge in [0, 0.05) is 38.0 Å². The third-order valence-corrected chi connectivity index (χ3v) is 7.36. The van der Waals surface area contributed by atoms with Gasteiger partial charge >= 0.3 is 0 Å². The van der Waals surface area contributed by atoms with E-state index in [4.69, 9.17) is 19.8 Å². The third-order valence-electron chi connectivity index (χ3n) is 7.36. The van der Waals surface area contributed by atoms with Crippen LogP contribution in [0.3, 0.4) is 0 Å². The van der Waals surface area contributed by atoms with Gasteiger partial charge < -0.3 is 20.8 Å². The summed E-state index contributed by atoms with van der Waals surface area (Å²) in [6, 6.07) is 3.49. The maximum atomic E-state index is 9.00. The average Bonchev–Trinajstić information content (AvgIpc) is 2.82. The first-order valence-corrected chi connectivity index (χ1v) is 14.3. The first kappa shape index (κ1) is 30.9. The molecule has 0 heterocycles. The second-order valence-corrected chi connectivity index (χ2v) is 10.7. The Labute approximate surface area is 209 Å². The Morgan fingerprint density at radius 3 is 0.735 bits per heavy atom. The molecule has 4 aliphatic carbocycles. The Kier molecular flexibility index (Phi) is 18.3. The van der Waals surface area contributed by atoms with Crippen molar-refractivity contribution in [1.82, 2.24) is 10.6 Å². The fraction of sp³-hybridized carbons (Fsp3) is 0.929. The summed E-state index contributed by atoms with van der Waals surface area (Å²) < 4.78 is 0. The van der Waals surface area contributed by atoms with Gasteiger partial charge in [0.05, 0.1) is 0 Å². The lowest BCUT2D eigenvalue weighted by molar-refractivity contribution is -0.135. The number of carboxylic acid groups (broad SMARTS) is 2. The molecule has 0 aliphatic heterocycles. The minimum atomic E-state index is -0.833. The van der Waals surface area contributed by atoms with Crippen LogP contribution in [0.25, 0.3) is 0 Å². The molecule has 34 heavy (non-hydrogen) atoms. The summed E-state index contributed by atoms with van der Waals surface area (Å²) in [7, 11) is 0. The molecule has 0 spiro atoms. The molecule has 0 aromatic rings. The van der Waals surface area contributed by atoms with Crippen LogP contribution in [0.1, 0.15) is 142 Å². The van der Waals surface area contributed by atoms with Crippen LogP contribution in [0.15, 0.2) is 0 Å². The fourth-order valence-electron chi connectivity index (χ4n) is 5.74. The van der Waals surface area contributed by atoms with Crippen molar-refractivity contribution in [1.29, 1.82) is 0 Å². The highest BCUT2D eigenvalue weighted by atomic mass is 16.4. The summed E-state index contributed by atoms with van der Waals surface area (Å²) in [4.78, 5) is 18.0. The van der Waals surface area contributed by atoms with Crippen molar-refractivity contribution in [2.24, 2.45) is 0 Å². The lowest BCUT2D eigenvalue weighted by Gasteiger charge is -2.30. The second-order valence-electron chi connectivity index (χ2n) is 10.7. The molecule has 4 rings (SSSR count). The van der Waals surface area contributed by atoms with E-state index in [1.165, 1.54) is 128 Å². The normalized spacial score (nSPS) is 22.6. The number of nitrogens with one attached hydrogen (secondary N) is 2. The number of hydrogen-bond donors (Lipinski definition) is 4. The fourth-order valence-corrected chi connectivity index (χ4v) is 5.74. The molecule has 0 atom stereocenters. The van der Waals surface area contributed by atoms with Crippen molar-refractivity contribution in [3.63, 3.8) is 0 Å². The molecule has 0 saturated heterocycles. The summed E-state index contributed by atoms with van der Waals surface area (Å²) in [6.07, 6.45) is 29.1. The van der Waals surface area contributed by atoms with Crippen LogP contribution in [0.4, 0.5) is 0 Å². The molecule has 0 bridgehead atoms. The molecule has 4 fully saturated rings.